The molecule has 0 bridgehead atoms. The third-order valence-electron chi connectivity index (χ3n) is 8.02. The van der Waals surface area contributed by atoms with Crippen molar-refractivity contribution in [1.82, 2.24) is 34.8 Å². The summed E-state index contributed by atoms with van der Waals surface area (Å²) >= 11 is 0. The number of aromatic nitrogens is 6. The van der Waals surface area contributed by atoms with Gasteiger partial charge in [0.1, 0.15) is 23.7 Å². The maximum absolute atomic E-state index is 9.81. The van der Waals surface area contributed by atoms with Crippen molar-refractivity contribution in [1.29, 1.82) is 0 Å². The third-order valence-corrected chi connectivity index (χ3v) is 8.02. The SMILES string of the molecule is Cc1ccc2nc(-c3ncc(OCCN4CCCCC4)cc3CO)[nH]c2c1.Cc1ccc2nc(-c3ncccc3CO)[nH]c2c1. The number of pyridine rings is 2. The van der Waals surface area contributed by atoms with Crippen molar-refractivity contribution < 1.29 is 14.9 Å². The van der Waals surface area contributed by atoms with Crippen LogP contribution < -0.4 is 4.74 Å². The van der Waals surface area contributed by atoms with E-state index in [0.717, 1.165) is 47.3 Å². The van der Waals surface area contributed by atoms with Gasteiger partial charge in [0.15, 0.2) is 11.6 Å². The third kappa shape index (κ3) is 7.20. The lowest BCUT2D eigenvalue weighted by Crippen LogP contribution is -2.33. The van der Waals surface area contributed by atoms with E-state index < -0.39 is 0 Å². The maximum Gasteiger partial charge on any atom is 0.157 e. The largest absolute Gasteiger partial charge is 0.491 e. The Kier molecular flexibility index (Phi) is 9.44. The van der Waals surface area contributed by atoms with Gasteiger partial charge >= 0.3 is 0 Å². The number of aliphatic hydroxyl groups excluding tert-OH is 2. The number of aromatic amines is 2. The number of imidazole rings is 2. The van der Waals surface area contributed by atoms with E-state index >= 15 is 0 Å². The molecule has 0 amide bonds. The number of likely N-dealkylation sites (tertiary alicyclic amines) is 1. The quantitative estimate of drug-likeness (QED) is 0.173. The molecule has 7 rings (SSSR count). The summed E-state index contributed by atoms with van der Waals surface area (Å²) in [5.74, 6) is 2.05. The minimum atomic E-state index is -0.109. The van der Waals surface area contributed by atoms with Crippen LogP contribution in [0.4, 0.5) is 0 Å². The van der Waals surface area contributed by atoms with Gasteiger partial charge in [-0.1, -0.05) is 24.6 Å². The highest BCUT2D eigenvalue weighted by molar-refractivity contribution is 5.80. The van der Waals surface area contributed by atoms with E-state index in [4.69, 9.17) is 4.74 Å². The van der Waals surface area contributed by atoms with Crippen molar-refractivity contribution in [3.63, 3.8) is 0 Å². The van der Waals surface area contributed by atoms with Crippen LogP contribution in [0.5, 0.6) is 5.75 Å². The number of nitrogens with zero attached hydrogens (tertiary/aromatic N) is 5. The molecule has 0 unspecified atom stereocenters. The molecule has 1 aliphatic heterocycles. The molecule has 4 N–H and O–H groups in total. The highest BCUT2D eigenvalue weighted by Gasteiger charge is 2.14. The van der Waals surface area contributed by atoms with Crippen LogP contribution in [0, 0.1) is 13.8 Å². The summed E-state index contributed by atoms with van der Waals surface area (Å²) in [4.78, 5) is 26.9. The van der Waals surface area contributed by atoms with Gasteiger partial charge < -0.3 is 24.9 Å². The minimum Gasteiger partial charge on any atom is -0.491 e. The predicted molar refractivity (Wildman–Crippen MR) is 176 cm³/mol. The summed E-state index contributed by atoms with van der Waals surface area (Å²) in [7, 11) is 0. The topological polar surface area (TPSA) is 136 Å². The second kappa shape index (κ2) is 14.0. The highest BCUT2D eigenvalue weighted by Crippen LogP contribution is 2.26. The molecule has 0 aliphatic carbocycles. The lowest BCUT2D eigenvalue weighted by atomic mass is 10.1. The molecule has 0 spiro atoms. The number of benzene rings is 2. The number of ether oxygens (including phenoxy) is 1. The lowest BCUT2D eigenvalue weighted by Gasteiger charge is -2.26. The van der Waals surface area contributed by atoms with Crippen molar-refractivity contribution in [2.45, 2.75) is 46.3 Å². The number of hydrogen-bond donors (Lipinski definition) is 4. The monoisotopic (exact) mass is 605 g/mol. The Morgan fingerprint density at radius 1 is 0.756 bits per heavy atom. The van der Waals surface area contributed by atoms with Gasteiger partial charge in [0.25, 0.3) is 0 Å². The van der Waals surface area contributed by atoms with Crippen LogP contribution in [0.2, 0.25) is 0 Å². The van der Waals surface area contributed by atoms with Crippen LogP contribution in [0.3, 0.4) is 0 Å². The number of aliphatic hydroxyl groups is 2. The van der Waals surface area contributed by atoms with Gasteiger partial charge in [0, 0.05) is 23.9 Å². The van der Waals surface area contributed by atoms with E-state index in [1.807, 2.05) is 62.4 Å². The molecule has 4 aromatic heterocycles. The molecule has 0 saturated carbocycles. The molecule has 232 valence electrons. The smallest absolute Gasteiger partial charge is 0.157 e. The van der Waals surface area contributed by atoms with E-state index in [-0.39, 0.29) is 13.2 Å². The normalized spacial score (nSPS) is 13.6. The zero-order chi connectivity index (χ0) is 31.2. The zero-order valence-corrected chi connectivity index (χ0v) is 25.8. The Balaban J connectivity index is 0.000000172. The van der Waals surface area contributed by atoms with E-state index in [0.29, 0.717) is 41.0 Å². The first-order valence-corrected chi connectivity index (χ1v) is 15.4. The van der Waals surface area contributed by atoms with Gasteiger partial charge in [-0.15, -0.1) is 0 Å². The number of aryl methyl sites for hydroxylation is 2. The van der Waals surface area contributed by atoms with Gasteiger partial charge in [-0.05, 0) is 87.3 Å². The number of piperidine rings is 1. The molecule has 1 aliphatic rings. The summed E-state index contributed by atoms with van der Waals surface area (Å²) in [6.07, 6.45) is 7.31. The van der Waals surface area contributed by atoms with Crippen molar-refractivity contribution in [2.75, 3.05) is 26.2 Å². The molecule has 5 heterocycles. The van der Waals surface area contributed by atoms with Gasteiger partial charge in [0.05, 0.1) is 41.5 Å². The van der Waals surface area contributed by atoms with Crippen molar-refractivity contribution in [3.05, 3.63) is 89.2 Å². The van der Waals surface area contributed by atoms with Crippen LogP contribution in [-0.4, -0.2) is 71.3 Å². The molecule has 2 aromatic carbocycles. The number of fused-ring (bicyclic) bond motifs is 2. The summed E-state index contributed by atoms with van der Waals surface area (Å²) in [5, 5.41) is 19.1. The average Bonchev–Trinajstić information content (AvgIpc) is 3.69. The van der Waals surface area contributed by atoms with E-state index in [2.05, 4.69) is 40.9 Å². The molecular formula is C35H39N7O3. The fourth-order valence-corrected chi connectivity index (χ4v) is 5.63. The standard InChI is InChI=1S/C21H26N4O2.C14H13N3O/c1-15-5-6-18-19(11-15)24-21(23-18)20-16(14-26)12-17(13-22-20)27-10-9-25-7-3-2-4-8-25;1-9-4-5-11-12(7-9)17-14(16-11)13-10(8-18)3-2-6-15-13/h5-6,11-13,26H,2-4,7-10,14H2,1H3,(H,23,24);2-7,18H,8H2,1H3,(H,16,17). The van der Waals surface area contributed by atoms with Crippen molar-refractivity contribution in [3.8, 4) is 28.8 Å². The van der Waals surface area contributed by atoms with Gasteiger partial charge in [-0.3, -0.25) is 9.88 Å². The minimum absolute atomic E-state index is 0.0424. The Hall–Kier alpha value is -4.64. The zero-order valence-electron chi connectivity index (χ0n) is 25.8. The Morgan fingerprint density at radius 3 is 2.00 bits per heavy atom. The Morgan fingerprint density at radius 2 is 1.38 bits per heavy atom. The lowest BCUT2D eigenvalue weighted by molar-refractivity contribution is 0.183. The molecule has 1 fully saturated rings. The van der Waals surface area contributed by atoms with E-state index in [9.17, 15) is 10.2 Å². The van der Waals surface area contributed by atoms with Crippen molar-refractivity contribution in [2.24, 2.45) is 0 Å². The van der Waals surface area contributed by atoms with E-state index in [1.54, 1.807) is 12.4 Å². The first-order valence-electron chi connectivity index (χ1n) is 15.4. The van der Waals surface area contributed by atoms with Gasteiger partial charge in [-0.2, -0.15) is 0 Å². The van der Waals surface area contributed by atoms with Crippen molar-refractivity contribution >= 4 is 22.1 Å². The first kappa shape index (κ1) is 30.4. The second-order valence-electron chi connectivity index (χ2n) is 11.5. The highest BCUT2D eigenvalue weighted by atomic mass is 16.5. The number of nitrogens with one attached hydrogen (secondary N) is 2. The fraction of sp³-hybridized carbons (Fsp3) is 0.314. The molecule has 10 nitrogen and oxygen atoms in total. The molecule has 6 aromatic rings. The molecular weight excluding hydrogens is 566 g/mol. The maximum atomic E-state index is 9.81. The summed E-state index contributed by atoms with van der Waals surface area (Å²) in [6, 6.07) is 17.6. The Bertz CT molecular complexity index is 1890. The molecule has 1 saturated heterocycles. The van der Waals surface area contributed by atoms with Crippen LogP contribution in [0.1, 0.15) is 41.5 Å². The van der Waals surface area contributed by atoms with Gasteiger partial charge in [-0.25, -0.2) is 15.0 Å². The van der Waals surface area contributed by atoms with E-state index in [1.165, 1.54) is 30.4 Å². The first-order chi connectivity index (χ1) is 22.0. The average molecular weight is 606 g/mol. The Labute approximate surface area is 262 Å². The molecule has 45 heavy (non-hydrogen) atoms. The van der Waals surface area contributed by atoms with Crippen LogP contribution >= 0.6 is 0 Å². The summed E-state index contributed by atoms with van der Waals surface area (Å²) in [5.41, 5.74) is 8.95. The molecule has 0 atom stereocenters. The molecule has 10 heteroatoms. The second-order valence-corrected chi connectivity index (χ2v) is 11.5. The number of H-pyrrole nitrogens is 2. The summed E-state index contributed by atoms with van der Waals surface area (Å²) < 4.78 is 5.87. The van der Waals surface area contributed by atoms with Gasteiger partial charge in [0.2, 0.25) is 0 Å². The summed E-state index contributed by atoms with van der Waals surface area (Å²) in [6.45, 7) is 7.82. The van der Waals surface area contributed by atoms with Crippen LogP contribution in [-0.2, 0) is 13.2 Å². The predicted octanol–water partition coefficient (Wildman–Crippen LogP) is 5.72. The number of hydrogen-bond acceptors (Lipinski definition) is 8. The van der Waals surface area contributed by atoms with Crippen LogP contribution in [0.25, 0.3) is 45.1 Å². The fourth-order valence-electron chi connectivity index (χ4n) is 5.63. The number of rotatable bonds is 8. The van der Waals surface area contributed by atoms with Crippen LogP contribution in [0.15, 0.2) is 67.0 Å². The molecule has 0 radical (unpaired) electrons.